The first kappa shape index (κ1) is 17.8. The highest BCUT2D eigenvalue weighted by molar-refractivity contribution is 6.07. The largest absolute Gasteiger partial charge is 0.507 e. The molecule has 0 aliphatic carbocycles. The van der Waals surface area contributed by atoms with Crippen LogP contribution in [0, 0.1) is 0 Å². The molecule has 30 heavy (non-hydrogen) atoms. The number of hydrogen-bond donors (Lipinski definition) is 3. The molecule has 0 radical (unpaired) electrons. The fraction of sp³-hybridized carbons (Fsp3) is 0. The number of hydrogen-bond acceptors (Lipinski definition) is 5. The molecule has 0 atom stereocenters. The van der Waals surface area contributed by atoms with Crippen molar-refractivity contribution in [1.82, 2.24) is 0 Å². The maximum atomic E-state index is 13.0. The Labute approximate surface area is 170 Å². The van der Waals surface area contributed by atoms with Crippen LogP contribution in [0.15, 0.2) is 88.3 Å². The zero-order chi connectivity index (χ0) is 20.8. The monoisotopic (exact) mass is 398 g/mol. The number of fused-ring (bicyclic) bond motifs is 3. The molecule has 2 heterocycles. The van der Waals surface area contributed by atoms with E-state index >= 15 is 0 Å². The van der Waals surface area contributed by atoms with Crippen molar-refractivity contribution in [3.8, 4) is 34.1 Å². The number of aromatic hydroxyl groups is 3. The summed E-state index contributed by atoms with van der Waals surface area (Å²) >= 11 is 0. The van der Waals surface area contributed by atoms with Crippen molar-refractivity contribution in [2.75, 3.05) is 0 Å². The predicted molar refractivity (Wildman–Crippen MR) is 112 cm³/mol. The van der Waals surface area contributed by atoms with E-state index in [1.54, 1.807) is 47.3 Å². The molecule has 0 fully saturated rings. The Morgan fingerprint density at radius 2 is 1.43 bits per heavy atom. The molecule has 0 aliphatic heterocycles. The standard InChI is InChI=1S/C24H15NO5/c26-17-10-11-18(27)21(25-12-4-1-5-13-25)19(17)20-22(28)16-9-8-14-6-2-3-7-15(14)23(16)30-24(20)29/h1-13H,(H2-,26,27,28,29)/p+1. The predicted octanol–water partition coefficient (Wildman–Crippen LogP) is 4.01. The summed E-state index contributed by atoms with van der Waals surface area (Å²) in [5.74, 6) is -0.774. The molecule has 0 aliphatic rings. The van der Waals surface area contributed by atoms with Crippen LogP contribution in [0.25, 0.3) is 38.6 Å². The zero-order valence-corrected chi connectivity index (χ0v) is 15.6. The molecular formula is C24H16NO5+. The second-order valence-electron chi connectivity index (χ2n) is 6.89. The van der Waals surface area contributed by atoms with Crippen molar-refractivity contribution in [2.24, 2.45) is 0 Å². The lowest BCUT2D eigenvalue weighted by Crippen LogP contribution is -2.30. The molecule has 3 N–H and O–H groups in total. The average Bonchev–Trinajstić information content (AvgIpc) is 2.76. The minimum absolute atomic E-state index is 0.0208. The van der Waals surface area contributed by atoms with Crippen molar-refractivity contribution in [3.63, 3.8) is 0 Å². The minimum Gasteiger partial charge on any atom is -0.507 e. The Morgan fingerprint density at radius 3 is 2.23 bits per heavy atom. The Kier molecular flexibility index (Phi) is 3.93. The van der Waals surface area contributed by atoms with Crippen LogP contribution in [0.1, 0.15) is 0 Å². The van der Waals surface area contributed by atoms with Crippen LogP contribution in [-0.4, -0.2) is 15.3 Å². The molecule has 5 rings (SSSR count). The summed E-state index contributed by atoms with van der Waals surface area (Å²) in [6.45, 7) is 0. The summed E-state index contributed by atoms with van der Waals surface area (Å²) in [7, 11) is 0. The van der Waals surface area contributed by atoms with Gasteiger partial charge in [-0.25, -0.2) is 4.79 Å². The number of nitrogens with zero attached hydrogens (tertiary/aromatic N) is 1. The van der Waals surface area contributed by atoms with Gasteiger partial charge in [-0.2, -0.15) is 4.57 Å². The van der Waals surface area contributed by atoms with Crippen LogP contribution in [0.2, 0.25) is 0 Å². The average molecular weight is 398 g/mol. The fourth-order valence-corrected chi connectivity index (χ4v) is 3.76. The quantitative estimate of drug-likeness (QED) is 0.181. The van der Waals surface area contributed by atoms with Crippen LogP contribution < -0.4 is 10.2 Å². The van der Waals surface area contributed by atoms with Crippen LogP contribution in [0.4, 0.5) is 0 Å². The molecule has 2 aromatic heterocycles. The van der Waals surface area contributed by atoms with Gasteiger partial charge in [0.05, 0.1) is 5.39 Å². The van der Waals surface area contributed by atoms with E-state index in [1.165, 1.54) is 12.1 Å². The number of phenols is 2. The Morgan fingerprint density at radius 1 is 0.700 bits per heavy atom. The molecule has 0 unspecified atom stereocenters. The molecule has 0 spiro atoms. The second-order valence-corrected chi connectivity index (χ2v) is 6.89. The molecule has 5 aromatic rings. The third-order valence-electron chi connectivity index (χ3n) is 5.13. The lowest BCUT2D eigenvalue weighted by Gasteiger charge is -2.12. The van der Waals surface area contributed by atoms with Gasteiger partial charge in [0.15, 0.2) is 18.1 Å². The van der Waals surface area contributed by atoms with Crippen molar-refractivity contribution < 1.29 is 24.3 Å². The van der Waals surface area contributed by atoms with Crippen LogP contribution in [0.3, 0.4) is 0 Å². The number of aromatic nitrogens is 1. The number of benzene rings is 3. The van der Waals surface area contributed by atoms with Gasteiger partial charge in [-0.15, -0.1) is 0 Å². The third kappa shape index (κ3) is 2.58. The molecule has 146 valence electrons. The molecule has 3 aromatic carbocycles. The van der Waals surface area contributed by atoms with Gasteiger partial charge in [0.25, 0.3) is 5.69 Å². The third-order valence-corrected chi connectivity index (χ3v) is 5.13. The van der Waals surface area contributed by atoms with Gasteiger partial charge >= 0.3 is 5.63 Å². The summed E-state index contributed by atoms with van der Waals surface area (Å²) in [4.78, 5) is 13.0. The summed E-state index contributed by atoms with van der Waals surface area (Å²) in [5, 5.41) is 34.1. The second kappa shape index (κ2) is 6.63. The van der Waals surface area contributed by atoms with E-state index in [0.717, 1.165) is 5.39 Å². The van der Waals surface area contributed by atoms with E-state index in [9.17, 15) is 20.1 Å². The zero-order valence-electron chi connectivity index (χ0n) is 15.6. The first-order valence-corrected chi connectivity index (χ1v) is 9.26. The Balaban J connectivity index is 1.91. The summed E-state index contributed by atoms with van der Waals surface area (Å²) in [6, 6.07) is 18.7. The van der Waals surface area contributed by atoms with E-state index in [1.807, 2.05) is 24.3 Å². The maximum absolute atomic E-state index is 13.0. The Hall–Kier alpha value is -4.32. The molecule has 0 saturated heterocycles. The lowest BCUT2D eigenvalue weighted by atomic mass is 9.99. The Bertz CT molecular complexity index is 1490. The SMILES string of the molecule is O=c1oc2c(ccc3ccccc32)c(O)c1-c1c(O)ccc(O)c1-[n+]1ccccc1. The van der Waals surface area contributed by atoms with Gasteiger partial charge in [-0.1, -0.05) is 36.4 Å². The van der Waals surface area contributed by atoms with Crippen LogP contribution in [-0.2, 0) is 0 Å². The van der Waals surface area contributed by atoms with E-state index in [2.05, 4.69) is 0 Å². The van der Waals surface area contributed by atoms with Gasteiger partial charge in [0, 0.05) is 17.5 Å². The number of rotatable bonds is 2. The van der Waals surface area contributed by atoms with Crippen molar-refractivity contribution in [2.45, 2.75) is 0 Å². The van der Waals surface area contributed by atoms with Gasteiger partial charge < -0.3 is 19.7 Å². The molecule has 0 bridgehead atoms. The highest BCUT2D eigenvalue weighted by Crippen LogP contribution is 2.43. The van der Waals surface area contributed by atoms with Gasteiger partial charge in [-0.05, 0) is 23.6 Å². The molecular weight excluding hydrogens is 382 g/mol. The first-order valence-electron chi connectivity index (χ1n) is 9.26. The maximum Gasteiger partial charge on any atom is 0.348 e. The molecule has 0 saturated carbocycles. The minimum atomic E-state index is -0.824. The summed E-state index contributed by atoms with van der Waals surface area (Å²) in [5.41, 5.74) is -0.661. The highest BCUT2D eigenvalue weighted by Gasteiger charge is 2.29. The number of phenolic OH excluding ortho intramolecular Hbond substituents is 2. The molecule has 6 nitrogen and oxygen atoms in total. The van der Waals surface area contributed by atoms with Crippen molar-refractivity contribution in [3.05, 3.63) is 89.5 Å². The van der Waals surface area contributed by atoms with Crippen LogP contribution >= 0.6 is 0 Å². The van der Waals surface area contributed by atoms with E-state index in [4.69, 9.17) is 4.42 Å². The smallest absolute Gasteiger partial charge is 0.348 e. The van der Waals surface area contributed by atoms with E-state index in [-0.39, 0.29) is 39.6 Å². The summed E-state index contributed by atoms with van der Waals surface area (Å²) < 4.78 is 7.16. The highest BCUT2D eigenvalue weighted by atomic mass is 16.4. The first-order chi connectivity index (χ1) is 14.6. The van der Waals surface area contributed by atoms with Gasteiger partial charge in [-0.3, -0.25) is 0 Å². The molecule has 6 heteroatoms. The number of pyridine rings is 1. The fourth-order valence-electron chi connectivity index (χ4n) is 3.76. The van der Waals surface area contributed by atoms with Crippen molar-refractivity contribution >= 4 is 21.7 Å². The van der Waals surface area contributed by atoms with Crippen LogP contribution in [0.5, 0.6) is 17.2 Å². The topological polar surface area (TPSA) is 94.8 Å². The summed E-state index contributed by atoms with van der Waals surface area (Å²) in [6.07, 6.45) is 3.32. The normalized spacial score (nSPS) is 11.2. The van der Waals surface area contributed by atoms with Gasteiger partial charge in [0.2, 0.25) is 0 Å². The lowest BCUT2D eigenvalue weighted by molar-refractivity contribution is -0.595. The molecule has 0 amide bonds. The van der Waals surface area contributed by atoms with Crippen molar-refractivity contribution in [1.29, 1.82) is 0 Å². The van der Waals surface area contributed by atoms with E-state index in [0.29, 0.717) is 10.8 Å². The van der Waals surface area contributed by atoms with Gasteiger partial charge in [0.1, 0.15) is 28.2 Å². The van der Waals surface area contributed by atoms with E-state index < -0.39 is 5.63 Å².